The summed E-state index contributed by atoms with van der Waals surface area (Å²) in [5.41, 5.74) is 4.50. The second-order valence-corrected chi connectivity index (χ2v) is 7.10. The van der Waals surface area contributed by atoms with Crippen LogP contribution in [0.5, 0.6) is 0 Å². The molecule has 2 amide bonds. The van der Waals surface area contributed by atoms with Gasteiger partial charge in [0.05, 0.1) is 6.42 Å². The summed E-state index contributed by atoms with van der Waals surface area (Å²) >= 11 is 0. The first-order valence-corrected chi connectivity index (χ1v) is 9.46. The van der Waals surface area contributed by atoms with Crippen LogP contribution in [0.2, 0.25) is 0 Å². The third-order valence-electron chi connectivity index (χ3n) is 5.09. The fourth-order valence-electron chi connectivity index (χ4n) is 3.58. The number of alkyl carbamates (subject to hydrolysis) is 1. The van der Waals surface area contributed by atoms with E-state index < -0.39 is 18.1 Å². The molecule has 0 unspecified atom stereocenters. The average molecular weight is 396 g/mol. The molecule has 0 aliphatic heterocycles. The topological polar surface area (TPSA) is 95.9 Å². The highest BCUT2D eigenvalue weighted by Crippen LogP contribution is 2.44. The average Bonchev–Trinajstić information content (AvgIpc) is 3.03. The number of carboxylic acid groups (broad SMARTS) is 1. The lowest BCUT2D eigenvalue weighted by Gasteiger charge is -2.22. The first-order chi connectivity index (χ1) is 13.9. The Bertz CT molecular complexity index is 881. The largest absolute Gasteiger partial charge is 0.481 e. The fraction of sp³-hybridized carbons (Fsp3) is 0.318. The normalized spacial score (nSPS) is 13.2. The summed E-state index contributed by atoms with van der Waals surface area (Å²) in [4.78, 5) is 36.4. The van der Waals surface area contributed by atoms with Crippen molar-refractivity contribution in [1.82, 2.24) is 10.2 Å². The monoisotopic (exact) mass is 396 g/mol. The molecule has 3 rings (SSSR count). The highest BCUT2D eigenvalue weighted by Gasteiger charge is 2.29. The Morgan fingerprint density at radius 1 is 1.07 bits per heavy atom. The number of fused-ring (bicyclic) bond motifs is 3. The Kier molecular flexibility index (Phi) is 6.16. The van der Waals surface area contributed by atoms with Gasteiger partial charge in [-0.05, 0) is 29.2 Å². The Morgan fingerprint density at radius 2 is 1.62 bits per heavy atom. The van der Waals surface area contributed by atoms with Crippen molar-refractivity contribution in [3.63, 3.8) is 0 Å². The van der Waals surface area contributed by atoms with E-state index in [4.69, 9.17) is 9.84 Å². The molecule has 152 valence electrons. The van der Waals surface area contributed by atoms with E-state index in [1.165, 1.54) is 11.9 Å². The highest BCUT2D eigenvalue weighted by atomic mass is 16.5. The van der Waals surface area contributed by atoms with E-state index in [2.05, 4.69) is 17.4 Å². The van der Waals surface area contributed by atoms with Gasteiger partial charge >= 0.3 is 12.1 Å². The predicted molar refractivity (Wildman–Crippen MR) is 108 cm³/mol. The number of nitrogens with zero attached hydrogens (tertiary/aromatic N) is 1. The second kappa shape index (κ2) is 8.77. The van der Waals surface area contributed by atoms with Gasteiger partial charge in [0.1, 0.15) is 12.6 Å². The Morgan fingerprint density at radius 3 is 2.17 bits per heavy atom. The number of amides is 2. The van der Waals surface area contributed by atoms with Gasteiger partial charge in [0, 0.05) is 19.5 Å². The number of nitrogens with one attached hydrogen (secondary N) is 1. The number of rotatable bonds is 7. The van der Waals surface area contributed by atoms with Crippen LogP contribution in [-0.2, 0) is 14.3 Å². The van der Waals surface area contributed by atoms with Crippen LogP contribution in [0.1, 0.15) is 30.4 Å². The molecule has 2 aromatic rings. The number of carbonyl (C=O) groups excluding carboxylic acids is 2. The van der Waals surface area contributed by atoms with Gasteiger partial charge in [-0.3, -0.25) is 9.59 Å². The Balaban J connectivity index is 1.58. The molecule has 7 nitrogen and oxygen atoms in total. The standard InChI is InChI=1S/C22H24N2O5/c1-14(21(27)24(2)12-11-20(25)26)23-22(28)29-13-19-17-9-5-3-7-15(17)16-8-4-6-10-18(16)19/h3-10,14,19H,11-13H2,1-2H3,(H,23,28)(H,25,26)/t14-/m0/s1. The van der Waals surface area contributed by atoms with E-state index in [9.17, 15) is 14.4 Å². The van der Waals surface area contributed by atoms with Crippen LogP contribution in [0.15, 0.2) is 48.5 Å². The number of carboxylic acids is 1. The molecule has 0 bridgehead atoms. The zero-order valence-corrected chi connectivity index (χ0v) is 16.4. The van der Waals surface area contributed by atoms with Crippen molar-refractivity contribution in [2.45, 2.75) is 25.3 Å². The van der Waals surface area contributed by atoms with E-state index in [0.29, 0.717) is 0 Å². The maximum atomic E-state index is 12.2. The summed E-state index contributed by atoms with van der Waals surface area (Å²) in [6.07, 6.45) is -0.834. The SMILES string of the molecule is C[C@H](NC(=O)OCC1c2ccccc2-c2ccccc21)C(=O)N(C)CCC(=O)O. The van der Waals surface area contributed by atoms with E-state index in [1.807, 2.05) is 36.4 Å². The lowest BCUT2D eigenvalue weighted by molar-refractivity contribution is -0.138. The first kappa shape index (κ1) is 20.4. The summed E-state index contributed by atoms with van der Waals surface area (Å²) in [5.74, 6) is -1.42. The Hall–Kier alpha value is -3.35. The number of benzene rings is 2. The van der Waals surface area contributed by atoms with Gasteiger partial charge in [0.2, 0.25) is 5.91 Å². The fourth-order valence-corrected chi connectivity index (χ4v) is 3.58. The van der Waals surface area contributed by atoms with Crippen LogP contribution >= 0.6 is 0 Å². The van der Waals surface area contributed by atoms with E-state index in [1.54, 1.807) is 6.92 Å². The van der Waals surface area contributed by atoms with Crippen LogP contribution in [0.4, 0.5) is 4.79 Å². The molecule has 0 saturated heterocycles. The van der Waals surface area contributed by atoms with Crippen molar-refractivity contribution in [3.8, 4) is 11.1 Å². The molecule has 7 heteroatoms. The summed E-state index contributed by atoms with van der Waals surface area (Å²) in [5, 5.41) is 11.2. The third kappa shape index (κ3) is 4.56. The maximum absolute atomic E-state index is 12.2. The number of hydrogen-bond acceptors (Lipinski definition) is 4. The molecule has 0 heterocycles. The van der Waals surface area contributed by atoms with E-state index in [-0.39, 0.29) is 31.4 Å². The van der Waals surface area contributed by atoms with Crippen LogP contribution < -0.4 is 5.32 Å². The van der Waals surface area contributed by atoms with Crippen LogP contribution in [-0.4, -0.2) is 54.2 Å². The summed E-state index contributed by atoms with van der Waals surface area (Å²) in [6, 6.07) is 15.3. The molecule has 0 fully saturated rings. The van der Waals surface area contributed by atoms with Crippen molar-refractivity contribution < 1.29 is 24.2 Å². The van der Waals surface area contributed by atoms with Gasteiger partial charge < -0.3 is 20.1 Å². The minimum Gasteiger partial charge on any atom is -0.481 e. The molecular formula is C22H24N2O5. The van der Waals surface area contributed by atoms with Gasteiger partial charge in [0.25, 0.3) is 0 Å². The van der Waals surface area contributed by atoms with Crippen molar-refractivity contribution in [1.29, 1.82) is 0 Å². The predicted octanol–water partition coefficient (Wildman–Crippen LogP) is 2.85. The van der Waals surface area contributed by atoms with E-state index in [0.717, 1.165) is 22.3 Å². The smallest absolute Gasteiger partial charge is 0.407 e. The lowest BCUT2D eigenvalue weighted by Crippen LogP contribution is -2.46. The molecule has 1 aliphatic carbocycles. The quantitative estimate of drug-likeness (QED) is 0.750. The summed E-state index contributed by atoms with van der Waals surface area (Å²) in [7, 11) is 1.50. The number of ether oxygens (including phenoxy) is 1. The minimum atomic E-state index is -0.984. The van der Waals surface area contributed by atoms with Crippen LogP contribution in [0.25, 0.3) is 11.1 Å². The van der Waals surface area contributed by atoms with Crippen molar-refractivity contribution in [2.75, 3.05) is 20.2 Å². The first-order valence-electron chi connectivity index (χ1n) is 9.46. The molecule has 2 aromatic carbocycles. The van der Waals surface area contributed by atoms with Crippen molar-refractivity contribution in [3.05, 3.63) is 59.7 Å². The summed E-state index contributed by atoms with van der Waals surface area (Å²) in [6.45, 7) is 1.78. The number of hydrogen-bond donors (Lipinski definition) is 2. The van der Waals surface area contributed by atoms with Crippen molar-refractivity contribution in [2.24, 2.45) is 0 Å². The third-order valence-corrected chi connectivity index (χ3v) is 5.09. The Labute approximate surface area is 169 Å². The van der Waals surface area contributed by atoms with E-state index >= 15 is 0 Å². The molecule has 0 aromatic heterocycles. The lowest BCUT2D eigenvalue weighted by atomic mass is 9.98. The molecule has 1 aliphatic rings. The van der Waals surface area contributed by atoms with Crippen LogP contribution in [0.3, 0.4) is 0 Å². The molecule has 1 atom stereocenters. The van der Waals surface area contributed by atoms with Gasteiger partial charge in [-0.2, -0.15) is 0 Å². The zero-order valence-electron chi connectivity index (χ0n) is 16.4. The van der Waals surface area contributed by atoms with Crippen molar-refractivity contribution >= 4 is 18.0 Å². The zero-order chi connectivity index (χ0) is 21.0. The minimum absolute atomic E-state index is 0.0580. The molecular weight excluding hydrogens is 372 g/mol. The molecule has 0 saturated carbocycles. The molecule has 0 spiro atoms. The van der Waals surface area contributed by atoms with Gasteiger partial charge in [-0.15, -0.1) is 0 Å². The highest BCUT2D eigenvalue weighted by molar-refractivity contribution is 5.85. The molecule has 2 N–H and O–H groups in total. The van der Waals surface area contributed by atoms with Gasteiger partial charge in [-0.1, -0.05) is 48.5 Å². The molecule has 0 radical (unpaired) electrons. The second-order valence-electron chi connectivity index (χ2n) is 7.10. The molecule has 29 heavy (non-hydrogen) atoms. The van der Waals surface area contributed by atoms with Gasteiger partial charge in [-0.25, -0.2) is 4.79 Å². The number of aliphatic carboxylic acids is 1. The number of carbonyl (C=O) groups is 3. The summed E-state index contributed by atoms with van der Waals surface area (Å²) < 4.78 is 5.42. The van der Waals surface area contributed by atoms with Crippen LogP contribution in [0, 0.1) is 0 Å². The number of likely N-dealkylation sites (N-methyl/N-ethyl adjacent to an activating group) is 1. The maximum Gasteiger partial charge on any atom is 0.407 e. The van der Waals surface area contributed by atoms with Gasteiger partial charge in [0.15, 0.2) is 0 Å².